The highest BCUT2D eigenvalue weighted by atomic mass is 16.1. The number of fused-ring (bicyclic) bond motifs is 9. The van der Waals surface area contributed by atoms with Crippen LogP contribution in [0, 0.1) is 0 Å². The standard InChI is InChI=1S/C45H27NO/c47-45-39-23-10-5-17-33(39)34-18-11-12-24-42(34)46(45)44-37-21-8-6-19-35(37)43(36-20-7-9-22-38(36)44)41-27-30-25-28-13-1-2-14-29(28)26-40(30)31-15-3-4-16-32(31)41/h1-27H. The molecule has 0 aliphatic carbocycles. The van der Waals surface area contributed by atoms with Crippen molar-refractivity contribution in [3.05, 3.63) is 174 Å². The minimum atomic E-state index is -0.00890. The zero-order valence-electron chi connectivity index (χ0n) is 25.4. The van der Waals surface area contributed by atoms with Gasteiger partial charge in [0.05, 0.1) is 11.2 Å². The molecule has 0 aliphatic heterocycles. The quantitative estimate of drug-likeness (QED) is 0.144. The van der Waals surface area contributed by atoms with Crippen molar-refractivity contribution in [3.8, 4) is 16.8 Å². The Bertz CT molecular complexity index is 2930. The maximum absolute atomic E-state index is 14.6. The van der Waals surface area contributed by atoms with E-state index in [2.05, 4.69) is 140 Å². The molecule has 0 radical (unpaired) electrons. The molecule has 0 bridgehead atoms. The number of benzene rings is 9. The third-order valence-corrected chi connectivity index (χ3v) is 9.92. The van der Waals surface area contributed by atoms with Gasteiger partial charge in [0.2, 0.25) is 0 Å². The summed E-state index contributed by atoms with van der Waals surface area (Å²) >= 11 is 0. The number of hydrogen-bond acceptors (Lipinski definition) is 1. The highest BCUT2D eigenvalue weighted by Crippen LogP contribution is 2.45. The van der Waals surface area contributed by atoms with Gasteiger partial charge in [-0.3, -0.25) is 9.36 Å². The van der Waals surface area contributed by atoms with Crippen molar-refractivity contribution in [2.75, 3.05) is 0 Å². The van der Waals surface area contributed by atoms with Gasteiger partial charge >= 0.3 is 0 Å². The van der Waals surface area contributed by atoms with Crippen LogP contribution < -0.4 is 5.56 Å². The topological polar surface area (TPSA) is 22.0 Å². The Kier molecular flexibility index (Phi) is 5.47. The molecule has 9 aromatic carbocycles. The predicted molar refractivity (Wildman–Crippen MR) is 200 cm³/mol. The van der Waals surface area contributed by atoms with E-state index in [0.29, 0.717) is 0 Å². The normalized spacial score (nSPS) is 11.9. The summed E-state index contributed by atoms with van der Waals surface area (Å²) in [5.41, 5.74) is 4.19. The first-order chi connectivity index (χ1) is 23.3. The molecule has 10 rings (SSSR count). The van der Waals surface area contributed by atoms with Crippen molar-refractivity contribution in [3.63, 3.8) is 0 Å². The maximum Gasteiger partial charge on any atom is 0.263 e. The fraction of sp³-hybridized carbons (Fsp3) is 0. The van der Waals surface area contributed by atoms with Crippen molar-refractivity contribution in [2.45, 2.75) is 0 Å². The van der Waals surface area contributed by atoms with Gasteiger partial charge < -0.3 is 0 Å². The largest absolute Gasteiger partial charge is 0.275 e. The monoisotopic (exact) mass is 597 g/mol. The van der Waals surface area contributed by atoms with E-state index in [0.717, 1.165) is 48.9 Å². The van der Waals surface area contributed by atoms with E-state index in [-0.39, 0.29) is 5.56 Å². The molecule has 218 valence electrons. The number of rotatable bonds is 2. The van der Waals surface area contributed by atoms with Gasteiger partial charge in [-0.15, -0.1) is 0 Å². The summed E-state index contributed by atoms with van der Waals surface area (Å²) in [6.07, 6.45) is 0. The summed E-state index contributed by atoms with van der Waals surface area (Å²) in [5, 5.41) is 14.5. The fourth-order valence-corrected chi connectivity index (χ4v) is 7.89. The second kappa shape index (κ2) is 9.87. The molecule has 0 atom stereocenters. The van der Waals surface area contributed by atoms with Crippen LogP contribution in [0.3, 0.4) is 0 Å². The molecule has 0 fully saturated rings. The maximum atomic E-state index is 14.6. The van der Waals surface area contributed by atoms with Crippen LogP contribution in [0.5, 0.6) is 0 Å². The van der Waals surface area contributed by atoms with Crippen LogP contribution in [0.15, 0.2) is 169 Å². The lowest BCUT2D eigenvalue weighted by Gasteiger charge is -2.22. The Labute approximate surface area is 270 Å². The zero-order valence-corrected chi connectivity index (χ0v) is 25.4. The van der Waals surface area contributed by atoms with Crippen LogP contribution in [0.2, 0.25) is 0 Å². The molecule has 47 heavy (non-hydrogen) atoms. The fourth-order valence-electron chi connectivity index (χ4n) is 7.89. The summed E-state index contributed by atoms with van der Waals surface area (Å²) in [5.74, 6) is 0. The second-order valence-electron chi connectivity index (χ2n) is 12.4. The minimum absolute atomic E-state index is 0.00890. The molecule has 1 heterocycles. The number of nitrogens with zero attached hydrogens (tertiary/aromatic N) is 1. The molecular formula is C45H27NO. The van der Waals surface area contributed by atoms with Gasteiger partial charge in [-0.05, 0) is 89.9 Å². The van der Waals surface area contributed by atoms with E-state index in [1.165, 1.54) is 43.4 Å². The number of pyridine rings is 1. The lowest BCUT2D eigenvalue weighted by atomic mass is 9.86. The molecular weight excluding hydrogens is 571 g/mol. The molecule has 0 saturated carbocycles. The van der Waals surface area contributed by atoms with Crippen LogP contribution in [-0.4, -0.2) is 4.57 Å². The first kappa shape index (κ1) is 26.0. The molecule has 1 aromatic heterocycles. The molecule has 0 unspecified atom stereocenters. The Morgan fingerprint density at radius 1 is 0.340 bits per heavy atom. The minimum Gasteiger partial charge on any atom is -0.275 e. The van der Waals surface area contributed by atoms with Crippen LogP contribution in [0.1, 0.15) is 0 Å². The summed E-state index contributed by atoms with van der Waals surface area (Å²) in [6, 6.07) is 57.8. The van der Waals surface area contributed by atoms with Crippen molar-refractivity contribution in [1.82, 2.24) is 4.57 Å². The van der Waals surface area contributed by atoms with Crippen LogP contribution >= 0.6 is 0 Å². The van der Waals surface area contributed by atoms with E-state index in [1.807, 2.05) is 28.8 Å². The molecule has 0 spiro atoms. The highest BCUT2D eigenvalue weighted by Gasteiger charge is 2.21. The molecule has 2 nitrogen and oxygen atoms in total. The van der Waals surface area contributed by atoms with E-state index < -0.39 is 0 Å². The van der Waals surface area contributed by atoms with E-state index >= 15 is 0 Å². The van der Waals surface area contributed by atoms with Crippen molar-refractivity contribution in [1.29, 1.82) is 0 Å². The van der Waals surface area contributed by atoms with Crippen LogP contribution in [-0.2, 0) is 0 Å². The van der Waals surface area contributed by atoms with E-state index in [9.17, 15) is 4.79 Å². The Morgan fingerprint density at radius 2 is 0.809 bits per heavy atom. The van der Waals surface area contributed by atoms with Gasteiger partial charge in [0.25, 0.3) is 5.56 Å². The molecule has 10 aromatic rings. The SMILES string of the molecule is O=c1c2ccccc2c2ccccc2n1-c1c2ccccc2c(-c2cc3cc4ccccc4cc3c3ccccc23)c2ccccc12. The smallest absolute Gasteiger partial charge is 0.263 e. The first-order valence-electron chi connectivity index (χ1n) is 16.1. The lowest BCUT2D eigenvalue weighted by molar-refractivity contribution is 1.08. The molecule has 0 amide bonds. The first-order valence-corrected chi connectivity index (χ1v) is 16.1. The third kappa shape index (κ3) is 3.70. The van der Waals surface area contributed by atoms with Crippen LogP contribution in [0.4, 0.5) is 0 Å². The van der Waals surface area contributed by atoms with Crippen molar-refractivity contribution >= 4 is 75.5 Å². The Balaban J connectivity index is 1.41. The van der Waals surface area contributed by atoms with Gasteiger partial charge in [-0.2, -0.15) is 0 Å². The lowest BCUT2D eigenvalue weighted by Crippen LogP contribution is -2.20. The molecule has 0 N–H and O–H groups in total. The van der Waals surface area contributed by atoms with Gasteiger partial charge in [-0.1, -0.05) is 133 Å². The number of hydrogen-bond donors (Lipinski definition) is 0. The second-order valence-corrected chi connectivity index (χ2v) is 12.4. The molecule has 0 aliphatic rings. The summed E-state index contributed by atoms with van der Waals surface area (Å²) in [6.45, 7) is 0. The average molecular weight is 598 g/mol. The van der Waals surface area contributed by atoms with Gasteiger partial charge in [0.15, 0.2) is 0 Å². The van der Waals surface area contributed by atoms with Gasteiger partial charge in [0, 0.05) is 21.5 Å². The number of aromatic nitrogens is 1. The Hall–Kier alpha value is -6.25. The Morgan fingerprint density at radius 3 is 1.47 bits per heavy atom. The van der Waals surface area contributed by atoms with Gasteiger partial charge in [-0.25, -0.2) is 0 Å². The van der Waals surface area contributed by atoms with Crippen molar-refractivity contribution in [2.24, 2.45) is 0 Å². The van der Waals surface area contributed by atoms with Gasteiger partial charge in [0.1, 0.15) is 0 Å². The van der Waals surface area contributed by atoms with E-state index in [1.54, 1.807) is 0 Å². The van der Waals surface area contributed by atoms with Crippen molar-refractivity contribution < 1.29 is 0 Å². The summed E-state index contributed by atoms with van der Waals surface area (Å²) in [7, 11) is 0. The molecule has 0 saturated heterocycles. The highest BCUT2D eigenvalue weighted by molar-refractivity contribution is 6.25. The third-order valence-electron chi connectivity index (χ3n) is 9.92. The average Bonchev–Trinajstić information content (AvgIpc) is 3.13. The van der Waals surface area contributed by atoms with E-state index in [4.69, 9.17) is 0 Å². The summed E-state index contributed by atoms with van der Waals surface area (Å²) < 4.78 is 1.96. The zero-order chi connectivity index (χ0) is 31.1. The van der Waals surface area contributed by atoms with Crippen LogP contribution in [0.25, 0.3) is 92.4 Å². The molecule has 2 heteroatoms. The predicted octanol–water partition coefficient (Wildman–Crippen LogP) is 11.6. The summed E-state index contributed by atoms with van der Waals surface area (Å²) in [4.78, 5) is 14.6. The number of para-hydroxylation sites is 1.